The molecule has 21 heavy (non-hydrogen) atoms. The maximum Gasteiger partial charge on any atom is 0.169 e. The summed E-state index contributed by atoms with van der Waals surface area (Å²) >= 11 is 1.79. The van der Waals surface area contributed by atoms with Crippen LogP contribution in [0.25, 0.3) is 11.0 Å². The molecule has 0 aliphatic carbocycles. The summed E-state index contributed by atoms with van der Waals surface area (Å²) in [5, 5.41) is 1.08. The number of thioether (sulfide) groups is 1. The maximum absolute atomic E-state index is 5.30. The van der Waals surface area contributed by atoms with Gasteiger partial charge in [0, 0.05) is 5.75 Å². The minimum absolute atomic E-state index is 0.417. The summed E-state index contributed by atoms with van der Waals surface area (Å²) in [6.45, 7) is 1.75. The van der Waals surface area contributed by atoms with Gasteiger partial charge in [-0.1, -0.05) is 54.2 Å². The molecule has 0 spiro atoms. The average Bonchev–Trinajstić information content (AvgIpc) is 3.30. The molecule has 4 heteroatoms. The lowest BCUT2D eigenvalue weighted by molar-refractivity contribution is 0.426. The Morgan fingerprint density at radius 3 is 2.67 bits per heavy atom. The summed E-state index contributed by atoms with van der Waals surface area (Å²) in [4.78, 5) is 4.78. The van der Waals surface area contributed by atoms with Crippen LogP contribution in [-0.2, 0) is 11.3 Å². The molecule has 4 rings (SSSR count). The third-order valence-corrected chi connectivity index (χ3v) is 4.71. The summed E-state index contributed by atoms with van der Waals surface area (Å²) in [7, 11) is 0. The molecule has 2 aromatic carbocycles. The van der Waals surface area contributed by atoms with Crippen molar-refractivity contribution in [2.24, 2.45) is 0 Å². The van der Waals surface area contributed by atoms with E-state index in [9.17, 15) is 0 Å². The molecule has 1 unspecified atom stereocenters. The van der Waals surface area contributed by atoms with Gasteiger partial charge in [-0.15, -0.1) is 0 Å². The third-order valence-electron chi connectivity index (χ3n) is 3.60. The fourth-order valence-electron chi connectivity index (χ4n) is 2.41. The minimum atomic E-state index is 0.417. The van der Waals surface area contributed by atoms with E-state index in [2.05, 4.69) is 53.1 Å². The van der Waals surface area contributed by atoms with Crippen molar-refractivity contribution in [3.05, 3.63) is 60.2 Å². The second kappa shape index (κ2) is 5.54. The molecule has 1 aliphatic heterocycles. The second-order valence-electron chi connectivity index (χ2n) is 5.22. The number of nitrogens with zero attached hydrogens (tertiary/aromatic N) is 2. The van der Waals surface area contributed by atoms with Gasteiger partial charge in [0.25, 0.3) is 0 Å². The van der Waals surface area contributed by atoms with E-state index in [0.717, 1.165) is 29.6 Å². The van der Waals surface area contributed by atoms with Crippen molar-refractivity contribution in [3.63, 3.8) is 0 Å². The highest BCUT2D eigenvalue weighted by molar-refractivity contribution is 7.99. The Morgan fingerprint density at radius 2 is 1.86 bits per heavy atom. The normalized spacial score (nSPS) is 17.2. The average molecular weight is 296 g/mol. The van der Waals surface area contributed by atoms with Crippen LogP contribution in [0.2, 0.25) is 0 Å². The molecule has 1 fully saturated rings. The number of rotatable bonds is 5. The van der Waals surface area contributed by atoms with Crippen LogP contribution < -0.4 is 0 Å². The predicted molar refractivity (Wildman–Crippen MR) is 85.7 cm³/mol. The van der Waals surface area contributed by atoms with E-state index in [1.165, 1.54) is 11.1 Å². The molecule has 0 radical (unpaired) electrons. The number of para-hydroxylation sites is 2. The SMILES string of the molecule is c1ccc(Cn2c(SCC3CO3)nc3ccccc32)cc1. The van der Waals surface area contributed by atoms with Crippen molar-refractivity contribution >= 4 is 22.8 Å². The number of epoxide rings is 1. The Hall–Kier alpha value is -1.78. The molecule has 3 aromatic rings. The number of hydrogen-bond acceptors (Lipinski definition) is 3. The predicted octanol–water partition coefficient (Wildman–Crippen LogP) is 3.58. The molecule has 0 saturated carbocycles. The summed E-state index contributed by atoms with van der Waals surface area (Å²) in [6, 6.07) is 18.9. The summed E-state index contributed by atoms with van der Waals surface area (Å²) < 4.78 is 7.61. The van der Waals surface area contributed by atoms with Crippen LogP contribution in [0, 0.1) is 0 Å². The lowest BCUT2D eigenvalue weighted by Crippen LogP contribution is -2.02. The van der Waals surface area contributed by atoms with Gasteiger partial charge >= 0.3 is 0 Å². The van der Waals surface area contributed by atoms with Crippen LogP contribution >= 0.6 is 11.8 Å². The van der Waals surface area contributed by atoms with Gasteiger partial charge in [-0.2, -0.15) is 0 Å². The fourth-order valence-corrected chi connectivity index (χ4v) is 3.42. The fraction of sp³-hybridized carbons (Fsp3) is 0.235. The van der Waals surface area contributed by atoms with E-state index in [0.29, 0.717) is 6.10 Å². The smallest absolute Gasteiger partial charge is 0.169 e. The van der Waals surface area contributed by atoms with Crippen LogP contribution in [0.15, 0.2) is 59.8 Å². The van der Waals surface area contributed by atoms with Gasteiger partial charge in [-0.3, -0.25) is 0 Å². The van der Waals surface area contributed by atoms with Crippen LogP contribution in [0.3, 0.4) is 0 Å². The van der Waals surface area contributed by atoms with Crippen LogP contribution in [0.1, 0.15) is 5.56 Å². The zero-order valence-corrected chi connectivity index (χ0v) is 12.4. The molecule has 2 heterocycles. The van der Waals surface area contributed by atoms with Gasteiger partial charge in [-0.25, -0.2) is 4.98 Å². The summed E-state index contributed by atoms with van der Waals surface area (Å²) in [5.41, 5.74) is 3.55. The van der Waals surface area contributed by atoms with E-state index < -0.39 is 0 Å². The highest BCUT2D eigenvalue weighted by Crippen LogP contribution is 2.28. The summed E-state index contributed by atoms with van der Waals surface area (Å²) in [5.74, 6) is 0.984. The first-order valence-corrected chi connectivity index (χ1v) is 8.12. The Bertz CT molecular complexity index is 750. The maximum atomic E-state index is 5.30. The van der Waals surface area contributed by atoms with E-state index in [-0.39, 0.29) is 0 Å². The van der Waals surface area contributed by atoms with Crippen molar-refractivity contribution in [1.29, 1.82) is 0 Å². The first-order valence-electron chi connectivity index (χ1n) is 7.14. The van der Waals surface area contributed by atoms with Gasteiger partial charge in [0.1, 0.15) is 0 Å². The van der Waals surface area contributed by atoms with Crippen LogP contribution in [0.5, 0.6) is 0 Å². The minimum Gasteiger partial charge on any atom is -0.372 e. The Morgan fingerprint density at radius 1 is 1.10 bits per heavy atom. The quantitative estimate of drug-likeness (QED) is 0.532. The first kappa shape index (κ1) is 12.9. The highest BCUT2D eigenvalue weighted by atomic mass is 32.2. The molecule has 106 valence electrons. The highest BCUT2D eigenvalue weighted by Gasteiger charge is 2.23. The molecule has 3 nitrogen and oxygen atoms in total. The van der Waals surface area contributed by atoms with Crippen LogP contribution in [-0.4, -0.2) is 28.0 Å². The van der Waals surface area contributed by atoms with E-state index in [1.807, 2.05) is 6.07 Å². The standard InChI is InChI=1S/C17H16N2OS/c1-2-6-13(7-3-1)10-19-16-9-5-4-8-15(16)18-17(19)21-12-14-11-20-14/h1-9,14H,10-12H2. The number of benzene rings is 2. The lowest BCUT2D eigenvalue weighted by Gasteiger charge is -2.08. The Balaban J connectivity index is 1.70. The topological polar surface area (TPSA) is 30.4 Å². The van der Waals surface area contributed by atoms with Crippen molar-refractivity contribution in [1.82, 2.24) is 9.55 Å². The molecule has 0 N–H and O–H groups in total. The summed E-state index contributed by atoms with van der Waals surface area (Å²) in [6.07, 6.45) is 0.417. The molecule has 1 saturated heterocycles. The number of ether oxygens (including phenoxy) is 1. The van der Waals surface area contributed by atoms with E-state index in [1.54, 1.807) is 11.8 Å². The van der Waals surface area contributed by atoms with E-state index >= 15 is 0 Å². The molecule has 1 aromatic heterocycles. The largest absolute Gasteiger partial charge is 0.372 e. The van der Waals surface area contributed by atoms with Gasteiger partial charge in [0.05, 0.1) is 30.3 Å². The number of imidazole rings is 1. The number of fused-ring (bicyclic) bond motifs is 1. The molecule has 0 bridgehead atoms. The van der Waals surface area contributed by atoms with Gasteiger partial charge in [-0.05, 0) is 17.7 Å². The second-order valence-corrected chi connectivity index (χ2v) is 6.21. The third kappa shape index (κ3) is 2.82. The lowest BCUT2D eigenvalue weighted by atomic mass is 10.2. The van der Waals surface area contributed by atoms with Crippen molar-refractivity contribution in [2.75, 3.05) is 12.4 Å². The van der Waals surface area contributed by atoms with Crippen LogP contribution in [0.4, 0.5) is 0 Å². The molecule has 0 amide bonds. The number of hydrogen-bond donors (Lipinski definition) is 0. The first-order chi connectivity index (χ1) is 10.4. The van der Waals surface area contributed by atoms with Crippen molar-refractivity contribution < 1.29 is 4.74 Å². The Labute approximate surface area is 127 Å². The van der Waals surface area contributed by atoms with Gasteiger partial charge in [0.2, 0.25) is 0 Å². The zero-order valence-electron chi connectivity index (χ0n) is 11.6. The van der Waals surface area contributed by atoms with Crippen molar-refractivity contribution in [3.8, 4) is 0 Å². The molecule has 1 atom stereocenters. The molecular formula is C17H16N2OS. The van der Waals surface area contributed by atoms with Gasteiger partial charge in [0.15, 0.2) is 5.16 Å². The monoisotopic (exact) mass is 296 g/mol. The van der Waals surface area contributed by atoms with E-state index in [4.69, 9.17) is 9.72 Å². The molecule has 1 aliphatic rings. The zero-order chi connectivity index (χ0) is 14.1. The molecular weight excluding hydrogens is 280 g/mol. The Kier molecular flexibility index (Phi) is 3.41. The van der Waals surface area contributed by atoms with Crippen molar-refractivity contribution in [2.45, 2.75) is 17.8 Å². The number of aromatic nitrogens is 2. The van der Waals surface area contributed by atoms with Gasteiger partial charge < -0.3 is 9.30 Å².